The smallest absolute Gasteiger partial charge is 0.335 e. The van der Waals surface area contributed by atoms with E-state index in [0.717, 1.165) is 42.5 Å². The molecule has 14 atom stereocenters. The minimum atomic E-state index is -2.46. The third-order valence-electron chi connectivity index (χ3n) is 18.8. The predicted molar refractivity (Wildman–Crippen MR) is 412 cm³/mol. The van der Waals surface area contributed by atoms with Gasteiger partial charge in [-0.15, -0.1) is 0 Å². The van der Waals surface area contributed by atoms with Crippen molar-refractivity contribution in [3.8, 4) is 57.5 Å². The molecule has 4 saturated carbocycles. The fraction of sp³-hybridized carbons (Fsp3) is 0.293. The molecule has 4 fully saturated rings. The number of hydrogen-bond acceptors (Lipinski definition) is 36. The summed E-state index contributed by atoms with van der Waals surface area (Å²) in [5.41, 5.74) is -6.92. The lowest BCUT2D eigenvalue weighted by Crippen LogP contribution is -2.58. The van der Waals surface area contributed by atoms with E-state index in [0.29, 0.717) is 33.4 Å². The summed E-state index contributed by atoms with van der Waals surface area (Å²) in [6.07, 6.45) is -9.62. The molecule has 0 saturated heterocycles. The number of rotatable bonds is 22. The molecule has 0 aromatic heterocycles. The molecule has 652 valence electrons. The summed E-state index contributed by atoms with van der Waals surface area (Å²) in [5, 5.41) is 231. The number of carboxylic acid groups (broad SMARTS) is 4. The first-order valence-corrected chi connectivity index (χ1v) is 36.1. The number of phenols is 10. The van der Waals surface area contributed by atoms with Gasteiger partial charge in [0, 0.05) is 87.8 Å². The monoisotopic (exact) mass is 1710 g/mol. The Morgan fingerprint density at radius 1 is 0.254 bits per heavy atom. The molecule has 0 aliphatic heterocycles. The van der Waals surface area contributed by atoms with Gasteiger partial charge in [-0.1, -0.05) is 48.5 Å². The van der Waals surface area contributed by atoms with Crippen LogP contribution in [0.4, 0.5) is 0 Å². The number of benzene rings is 6. The molecule has 0 spiro atoms. The zero-order chi connectivity index (χ0) is 90.5. The highest BCUT2D eigenvalue weighted by atomic mass is 16.6. The van der Waals surface area contributed by atoms with E-state index in [1.807, 2.05) is 0 Å². The number of phenolic OH excluding ortho intramolecular Hbond substituents is 10. The topological polar surface area (TPSA) is 712 Å². The molecule has 6 aromatic carbocycles. The van der Waals surface area contributed by atoms with Gasteiger partial charge in [0.05, 0.1) is 30.5 Å². The van der Waals surface area contributed by atoms with Crippen LogP contribution in [-0.2, 0) is 76.4 Å². The van der Waals surface area contributed by atoms with Crippen LogP contribution in [0.1, 0.15) is 84.7 Å². The fourth-order valence-corrected chi connectivity index (χ4v) is 12.3. The van der Waals surface area contributed by atoms with Crippen LogP contribution in [0.3, 0.4) is 0 Å². The Balaban J connectivity index is 0.000000227. The SMILES string of the molecule is O=C(/C=C/c1ccc(O)c(O)c1)OC1C(O)CC(O)(C(=O)O)CC1O.O=C(/C=C/c1ccc(O)c(O)c1)OC1C[C@@](O)(C(=O)O)CC(O)[C@@H]1O.O=C(/C=C/c1ccc(O)c(O)c1)OC1C[C@@](O)(C(=O)O)CC(O)[C@@H]1OC(=O)/C=C/c1ccc(O)c(O)c1.O=C(/C=C/c1ccc(O)cc1)OC1C[C@@](O)(C(=O)O)CC(O)[C@@H]1OC(=O)/C=C/c1ccc(O)cc1. The van der Waals surface area contributed by atoms with Gasteiger partial charge in [0.1, 0.15) is 35.9 Å². The number of aliphatic hydroxyl groups is 10. The fourth-order valence-electron chi connectivity index (χ4n) is 12.3. The average Bonchev–Trinajstić information content (AvgIpc) is 0.801. The third-order valence-corrected chi connectivity index (χ3v) is 18.8. The Kier molecular flexibility index (Phi) is 32.5. The average molecular weight is 1710 g/mol. The first-order chi connectivity index (χ1) is 57.2. The zero-order valence-corrected chi connectivity index (χ0v) is 63.3. The molecule has 40 heteroatoms. The third kappa shape index (κ3) is 27.0. The van der Waals surface area contributed by atoms with Crippen molar-refractivity contribution in [2.75, 3.05) is 0 Å². The quantitative estimate of drug-likeness (QED) is 0.0197. The second-order valence-electron chi connectivity index (χ2n) is 28.1. The van der Waals surface area contributed by atoms with Gasteiger partial charge in [0.2, 0.25) is 0 Å². The van der Waals surface area contributed by atoms with Crippen LogP contribution >= 0.6 is 0 Å². The number of carbonyl (C=O) groups is 10. The highest BCUT2D eigenvalue weighted by molar-refractivity contribution is 5.91. The molecule has 6 aromatic rings. The van der Waals surface area contributed by atoms with E-state index < -0.39 is 218 Å². The van der Waals surface area contributed by atoms with E-state index in [4.69, 9.17) is 38.6 Å². The summed E-state index contributed by atoms with van der Waals surface area (Å²) >= 11 is 0. The van der Waals surface area contributed by atoms with Crippen molar-refractivity contribution >= 4 is 96.1 Å². The van der Waals surface area contributed by atoms with Gasteiger partial charge in [-0.25, -0.2) is 47.9 Å². The molecule has 24 N–H and O–H groups in total. The molecule has 8 unspecified atom stereocenters. The molecule has 40 nitrogen and oxygen atoms in total. The molecular weight excluding hydrogens is 1620 g/mol. The molecule has 10 rings (SSSR count). The van der Waals surface area contributed by atoms with Gasteiger partial charge in [-0.3, -0.25) is 0 Å². The molecule has 0 heterocycles. The second-order valence-corrected chi connectivity index (χ2v) is 28.1. The summed E-state index contributed by atoms with van der Waals surface area (Å²) in [5.74, 6) is -15.1. The Hall–Kier alpha value is -13.9. The largest absolute Gasteiger partial charge is 0.508 e. The Morgan fingerprint density at radius 3 is 0.721 bits per heavy atom. The van der Waals surface area contributed by atoms with E-state index in [-0.39, 0.29) is 46.0 Å². The Bertz CT molecular complexity index is 4960. The number of ether oxygens (including phenoxy) is 6. The van der Waals surface area contributed by atoms with Gasteiger partial charge in [0.15, 0.2) is 86.7 Å². The lowest BCUT2D eigenvalue weighted by atomic mass is 9.79. The normalized spacial score (nSPS) is 26.2. The first kappa shape index (κ1) is 95.2. The standard InChI is InChI=1S/C25H24O12.C25H24O10.2C16H18O9/c26-15-5-1-13(9-17(15)28)3-7-21(31)36-20-12-25(35,24(33)34)11-19(30)23(20)37-22(32)8-4-14-2-6-16(27)18(29)10-14;26-17-7-1-15(2-8-17)5-11-21(29)34-20-14-25(33,24(31)32)13-19(28)23(20)35-22(30)12-6-16-3-9-18(27)10-4-16;17-9-3-1-8(5-10(9)18)2-4-13(20)25-12-7-16(24,15(22)23)6-11(19)14(12)21;17-9-3-1-8(5-10(9)18)2-4-13(21)25-14-11(19)6-16(24,15(22)23)7-12(14)20/h1-10,19-20,23,26-30,35H,11-12H2,(H,33,34);1-12,19-20,23,26-28,33H,13-14H2,(H,31,32);1-5,11-12,14,17-19,21,24H,6-7H2,(H,22,23);1-5,11-12,14,17-20,24H,6-7H2,(H,22,23)/b7-3+,8-4+;11-5+,12-6+;2*4-2+/t2*19?,20?,23-,25+;11?,12?,14-,16+;/m000./s1. The molecule has 0 radical (unpaired) electrons. The molecule has 4 aliphatic carbocycles. The Morgan fingerprint density at radius 2 is 0.459 bits per heavy atom. The minimum Gasteiger partial charge on any atom is -0.508 e. The van der Waals surface area contributed by atoms with E-state index in [9.17, 15) is 160 Å². The van der Waals surface area contributed by atoms with Crippen molar-refractivity contribution < 1.29 is 199 Å². The molecular formula is C82H84O40. The lowest BCUT2D eigenvalue weighted by molar-refractivity contribution is -0.204. The van der Waals surface area contributed by atoms with Gasteiger partial charge < -0.3 is 151 Å². The minimum absolute atomic E-state index is 0.0398. The number of aliphatic hydroxyl groups excluding tert-OH is 6. The summed E-state index contributed by atoms with van der Waals surface area (Å²) in [6, 6.07) is 27.0. The number of esters is 6. The van der Waals surface area contributed by atoms with Crippen molar-refractivity contribution in [2.45, 2.75) is 147 Å². The van der Waals surface area contributed by atoms with Gasteiger partial charge in [-0.2, -0.15) is 0 Å². The van der Waals surface area contributed by atoms with Crippen LogP contribution < -0.4 is 0 Å². The first-order valence-electron chi connectivity index (χ1n) is 36.1. The van der Waals surface area contributed by atoms with E-state index in [2.05, 4.69) is 0 Å². The van der Waals surface area contributed by atoms with Crippen LogP contribution in [0.25, 0.3) is 36.5 Å². The van der Waals surface area contributed by atoms with Crippen LogP contribution in [0.5, 0.6) is 57.5 Å². The van der Waals surface area contributed by atoms with E-state index >= 15 is 0 Å². The van der Waals surface area contributed by atoms with Crippen molar-refractivity contribution in [1.29, 1.82) is 0 Å². The molecule has 0 bridgehead atoms. The maximum atomic E-state index is 12.4. The highest BCUT2D eigenvalue weighted by Crippen LogP contribution is 2.38. The van der Waals surface area contributed by atoms with Crippen molar-refractivity contribution in [3.63, 3.8) is 0 Å². The van der Waals surface area contributed by atoms with Gasteiger partial charge in [-0.05, 0) is 143 Å². The van der Waals surface area contributed by atoms with Crippen LogP contribution in [0, 0.1) is 0 Å². The lowest BCUT2D eigenvalue weighted by Gasteiger charge is -2.40. The summed E-state index contributed by atoms with van der Waals surface area (Å²) in [7, 11) is 0. The zero-order valence-electron chi connectivity index (χ0n) is 63.3. The van der Waals surface area contributed by atoms with Crippen molar-refractivity contribution in [1.82, 2.24) is 0 Å². The summed E-state index contributed by atoms with van der Waals surface area (Å²) in [4.78, 5) is 118. The highest BCUT2D eigenvalue weighted by Gasteiger charge is 2.55. The van der Waals surface area contributed by atoms with Crippen LogP contribution in [0.15, 0.2) is 158 Å². The van der Waals surface area contributed by atoms with E-state index in [1.54, 1.807) is 12.1 Å². The number of carboxylic acids is 4. The van der Waals surface area contributed by atoms with Gasteiger partial charge in [0.25, 0.3) is 0 Å². The summed E-state index contributed by atoms with van der Waals surface area (Å²) < 4.78 is 30.8. The number of carbonyl (C=O) groups excluding carboxylic acids is 6. The second kappa shape index (κ2) is 41.6. The van der Waals surface area contributed by atoms with Gasteiger partial charge >= 0.3 is 59.7 Å². The molecule has 122 heavy (non-hydrogen) atoms. The van der Waals surface area contributed by atoms with Crippen LogP contribution in [0.2, 0.25) is 0 Å². The maximum absolute atomic E-state index is 12.4. The number of hydrogen-bond donors (Lipinski definition) is 24. The van der Waals surface area contributed by atoms with Crippen molar-refractivity contribution in [3.05, 3.63) is 191 Å². The van der Waals surface area contributed by atoms with E-state index in [1.165, 1.54) is 140 Å². The van der Waals surface area contributed by atoms with Crippen LogP contribution in [-0.4, -0.2) is 278 Å². The predicted octanol–water partition coefficient (Wildman–Crippen LogP) is 1.36. The Labute approximate surface area is 688 Å². The number of aromatic hydroxyl groups is 10. The number of aliphatic carboxylic acids is 4. The summed E-state index contributed by atoms with van der Waals surface area (Å²) in [6.45, 7) is 0. The van der Waals surface area contributed by atoms with Crippen molar-refractivity contribution in [2.24, 2.45) is 0 Å². The maximum Gasteiger partial charge on any atom is 0.335 e. The molecule has 4 aliphatic rings. The molecule has 0 amide bonds.